The number of sulfonamides is 1. The van der Waals surface area contributed by atoms with E-state index >= 15 is 0 Å². The molecule has 23 heavy (non-hydrogen) atoms. The lowest BCUT2D eigenvalue weighted by Gasteiger charge is -2.29. The van der Waals surface area contributed by atoms with Gasteiger partial charge >= 0.3 is 6.03 Å². The van der Waals surface area contributed by atoms with Gasteiger partial charge in [-0.15, -0.1) is 0 Å². The summed E-state index contributed by atoms with van der Waals surface area (Å²) in [6.45, 7) is 4.91. The SMILES string of the molecule is CC(CN1CCCCC1)NC(=O)Nc1cccc(S(N)(=O)=O)c1. The molecule has 128 valence electrons. The van der Waals surface area contributed by atoms with Crippen molar-refractivity contribution >= 4 is 21.7 Å². The van der Waals surface area contributed by atoms with Gasteiger partial charge in [-0.25, -0.2) is 18.4 Å². The van der Waals surface area contributed by atoms with Gasteiger partial charge in [0, 0.05) is 18.3 Å². The molecule has 2 rings (SSSR count). The van der Waals surface area contributed by atoms with E-state index in [2.05, 4.69) is 15.5 Å². The van der Waals surface area contributed by atoms with Crippen LogP contribution >= 0.6 is 0 Å². The second-order valence-electron chi connectivity index (χ2n) is 5.93. The number of nitrogens with one attached hydrogen (secondary N) is 2. The van der Waals surface area contributed by atoms with E-state index in [1.807, 2.05) is 6.92 Å². The minimum absolute atomic E-state index is 0.00882. The van der Waals surface area contributed by atoms with Gasteiger partial charge in [-0.3, -0.25) is 0 Å². The summed E-state index contributed by atoms with van der Waals surface area (Å²) in [6.07, 6.45) is 3.69. The molecular formula is C15H24N4O3S. The molecule has 4 N–H and O–H groups in total. The first-order valence-electron chi connectivity index (χ1n) is 7.77. The molecule has 1 unspecified atom stereocenters. The molecule has 7 nitrogen and oxygen atoms in total. The Morgan fingerprint density at radius 2 is 2.00 bits per heavy atom. The summed E-state index contributed by atoms with van der Waals surface area (Å²) in [5, 5.41) is 10.6. The lowest BCUT2D eigenvalue weighted by Crippen LogP contribution is -2.45. The Labute approximate surface area is 137 Å². The number of carbonyl (C=O) groups excluding carboxylic acids is 1. The van der Waals surface area contributed by atoms with Crippen molar-refractivity contribution in [2.45, 2.75) is 37.1 Å². The molecule has 1 fully saturated rings. The number of piperidine rings is 1. The summed E-state index contributed by atoms with van der Waals surface area (Å²) in [5.41, 5.74) is 0.388. The molecule has 1 aromatic carbocycles. The molecule has 2 amide bonds. The minimum atomic E-state index is -3.78. The van der Waals surface area contributed by atoms with Gasteiger partial charge in [-0.05, 0) is 51.1 Å². The average Bonchev–Trinajstić information content (AvgIpc) is 2.47. The molecule has 0 aliphatic carbocycles. The molecule has 8 heteroatoms. The van der Waals surface area contributed by atoms with Crippen molar-refractivity contribution in [1.82, 2.24) is 10.2 Å². The fraction of sp³-hybridized carbons (Fsp3) is 0.533. The molecule has 0 bridgehead atoms. The van der Waals surface area contributed by atoms with Crippen LogP contribution in [0.3, 0.4) is 0 Å². The highest BCUT2D eigenvalue weighted by atomic mass is 32.2. The first-order valence-corrected chi connectivity index (χ1v) is 9.32. The molecule has 0 aromatic heterocycles. The molecule has 1 aliphatic heterocycles. The lowest BCUT2D eigenvalue weighted by molar-refractivity contribution is 0.206. The Hall–Kier alpha value is -1.64. The van der Waals surface area contributed by atoms with Gasteiger partial charge in [-0.2, -0.15) is 0 Å². The van der Waals surface area contributed by atoms with Crippen molar-refractivity contribution in [3.8, 4) is 0 Å². The number of hydrogen-bond donors (Lipinski definition) is 3. The Kier molecular flexibility index (Phi) is 5.97. The number of primary sulfonamides is 1. The number of carbonyl (C=O) groups is 1. The summed E-state index contributed by atoms with van der Waals surface area (Å²) in [7, 11) is -3.78. The second-order valence-corrected chi connectivity index (χ2v) is 7.50. The molecule has 1 heterocycles. The quantitative estimate of drug-likeness (QED) is 0.752. The summed E-state index contributed by atoms with van der Waals surface area (Å²) < 4.78 is 22.6. The van der Waals surface area contributed by atoms with E-state index in [4.69, 9.17) is 5.14 Å². The zero-order valence-electron chi connectivity index (χ0n) is 13.3. The second kappa shape index (κ2) is 7.76. The van der Waals surface area contributed by atoms with Gasteiger partial charge in [-0.1, -0.05) is 12.5 Å². The van der Waals surface area contributed by atoms with Crippen LogP contribution in [0.15, 0.2) is 29.2 Å². The fourth-order valence-electron chi connectivity index (χ4n) is 2.72. The summed E-state index contributed by atoms with van der Waals surface area (Å²) in [6, 6.07) is 5.52. The highest BCUT2D eigenvalue weighted by Crippen LogP contribution is 2.14. The highest BCUT2D eigenvalue weighted by molar-refractivity contribution is 7.89. The van der Waals surface area contributed by atoms with E-state index in [0.717, 1.165) is 19.6 Å². The van der Waals surface area contributed by atoms with Crippen LogP contribution in [0.4, 0.5) is 10.5 Å². The van der Waals surface area contributed by atoms with E-state index in [9.17, 15) is 13.2 Å². The minimum Gasteiger partial charge on any atom is -0.334 e. The number of benzene rings is 1. The first kappa shape index (κ1) is 17.7. The van der Waals surface area contributed by atoms with Crippen LogP contribution in [0.5, 0.6) is 0 Å². The predicted molar refractivity (Wildman–Crippen MR) is 89.7 cm³/mol. The summed E-state index contributed by atoms with van der Waals surface area (Å²) in [5.74, 6) is 0. The van der Waals surface area contributed by atoms with Crippen LogP contribution in [0.25, 0.3) is 0 Å². The maximum absolute atomic E-state index is 12.0. The van der Waals surface area contributed by atoms with Crippen molar-refractivity contribution in [2.24, 2.45) is 5.14 Å². The summed E-state index contributed by atoms with van der Waals surface area (Å²) >= 11 is 0. The Morgan fingerprint density at radius 1 is 1.30 bits per heavy atom. The first-order chi connectivity index (χ1) is 10.8. The van der Waals surface area contributed by atoms with Gasteiger partial charge < -0.3 is 15.5 Å². The Morgan fingerprint density at radius 3 is 2.65 bits per heavy atom. The number of anilines is 1. The van der Waals surface area contributed by atoms with Gasteiger partial charge in [0.05, 0.1) is 4.90 Å². The molecule has 0 spiro atoms. The van der Waals surface area contributed by atoms with E-state index in [-0.39, 0.29) is 17.0 Å². The monoisotopic (exact) mass is 340 g/mol. The molecule has 1 saturated heterocycles. The largest absolute Gasteiger partial charge is 0.334 e. The van der Waals surface area contributed by atoms with Crippen molar-refractivity contribution in [1.29, 1.82) is 0 Å². The topological polar surface area (TPSA) is 105 Å². The van der Waals surface area contributed by atoms with Crippen molar-refractivity contribution in [3.05, 3.63) is 24.3 Å². The maximum atomic E-state index is 12.0. The third kappa shape index (κ3) is 5.81. The normalized spacial score (nSPS) is 17.5. The molecule has 0 radical (unpaired) electrons. The zero-order valence-corrected chi connectivity index (χ0v) is 14.1. The predicted octanol–water partition coefficient (Wildman–Crippen LogP) is 1.33. The van der Waals surface area contributed by atoms with Crippen LogP contribution in [0.1, 0.15) is 26.2 Å². The average molecular weight is 340 g/mol. The molecule has 1 atom stereocenters. The number of nitrogens with two attached hydrogens (primary N) is 1. The van der Waals surface area contributed by atoms with Gasteiger partial charge in [0.2, 0.25) is 10.0 Å². The fourth-order valence-corrected chi connectivity index (χ4v) is 3.28. The number of hydrogen-bond acceptors (Lipinski definition) is 4. The van der Waals surface area contributed by atoms with E-state index in [1.54, 1.807) is 6.07 Å². The number of nitrogens with zero attached hydrogens (tertiary/aromatic N) is 1. The Bertz CT molecular complexity index is 642. The molecular weight excluding hydrogens is 316 g/mol. The van der Waals surface area contributed by atoms with E-state index in [1.165, 1.54) is 37.5 Å². The van der Waals surface area contributed by atoms with Gasteiger partial charge in [0.25, 0.3) is 0 Å². The van der Waals surface area contributed by atoms with E-state index < -0.39 is 10.0 Å². The standard InChI is InChI=1S/C15H24N4O3S/c1-12(11-19-8-3-2-4-9-19)17-15(20)18-13-6-5-7-14(10-13)23(16,21)22/h5-7,10,12H,2-4,8-9,11H2,1H3,(H2,16,21,22)(H2,17,18,20). The third-order valence-electron chi connectivity index (χ3n) is 3.78. The van der Waals surface area contributed by atoms with Crippen LogP contribution in [-0.4, -0.2) is 45.0 Å². The van der Waals surface area contributed by atoms with Crippen molar-refractivity contribution in [2.75, 3.05) is 25.0 Å². The lowest BCUT2D eigenvalue weighted by atomic mass is 10.1. The van der Waals surface area contributed by atoms with Crippen molar-refractivity contribution in [3.63, 3.8) is 0 Å². The van der Waals surface area contributed by atoms with Crippen LogP contribution in [0, 0.1) is 0 Å². The van der Waals surface area contributed by atoms with Crippen LogP contribution < -0.4 is 15.8 Å². The maximum Gasteiger partial charge on any atom is 0.319 e. The highest BCUT2D eigenvalue weighted by Gasteiger charge is 2.15. The van der Waals surface area contributed by atoms with E-state index in [0.29, 0.717) is 5.69 Å². The smallest absolute Gasteiger partial charge is 0.319 e. The zero-order chi connectivity index (χ0) is 16.9. The number of likely N-dealkylation sites (tertiary alicyclic amines) is 1. The summed E-state index contributed by atoms with van der Waals surface area (Å²) in [4.78, 5) is 14.3. The van der Waals surface area contributed by atoms with Gasteiger partial charge in [0.1, 0.15) is 0 Å². The van der Waals surface area contributed by atoms with Crippen LogP contribution in [-0.2, 0) is 10.0 Å². The molecule has 1 aliphatic rings. The van der Waals surface area contributed by atoms with Crippen LogP contribution in [0.2, 0.25) is 0 Å². The van der Waals surface area contributed by atoms with Gasteiger partial charge in [0.15, 0.2) is 0 Å². The molecule has 0 saturated carbocycles. The molecule has 1 aromatic rings. The number of urea groups is 1. The Balaban J connectivity index is 1.86. The van der Waals surface area contributed by atoms with Crippen molar-refractivity contribution < 1.29 is 13.2 Å². The number of rotatable bonds is 5. The number of amides is 2. The third-order valence-corrected chi connectivity index (χ3v) is 4.69.